The molecule has 1 fully saturated rings. The fourth-order valence-corrected chi connectivity index (χ4v) is 3.14. The number of nitrogens with one attached hydrogen (secondary N) is 1. The standard InChI is InChI=1S/C15H31N/c1-4-6-8-11-15(3,10-7-5-2)14-9-12-16-13-14/h14,16H,4-13H2,1-3H3. The van der Waals surface area contributed by atoms with Crippen LogP contribution in [0.4, 0.5) is 0 Å². The summed E-state index contributed by atoms with van der Waals surface area (Å²) in [5.41, 5.74) is 0.620. The van der Waals surface area contributed by atoms with Crippen LogP contribution in [0.15, 0.2) is 0 Å². The minimum absolute atomic E-state index is 0.620. The molecule has 0 spiro atoms. The van der Waals surface area contributed by atoms with E-state index in [1.54, 1.807) is 0 Å². The molecule has 1 N–H and O–H groups in total. The second-order valence-corrected chi connectivity index (χ2v) is 5.90. The lowest BCUT2D eigenvalue weighted by Crippen LogP contribution is -2.29. The fourth-order valence-electron chi connectivity index (χ4n) is 3.14. The van der Waals surface area contributed by atoms with E-state index in [0.29, 0.717) is 5.41 Å². The maximum Gasteiger partial charge on any atom is -0.00148 e. The highest BCUT2D eigenvalue weighted by atomic mass is 14.9. The highest BCUT2D eigenvalue weighted by Gasteiger charge is 2.34. The molecule has 2 atom stereocenters. The lowest BCUT2D eigenvalue weighted by Gasteiger charge is -2.36. The van der Waals surface area contributed by atoms with Crippen molar-refractivity contribution in [2.45, 2.75) is 72.1 Å². The Labute approximate surface area is 102 Å². The van der Waals surface area contributed by atoms with Gasteiger partial charge in [-0.2, -0.15) is 0 Å². The van der Waals surface area contributed by atoms with Gasteiger partial charge in [0.05, 0.1) is 0 Å². The van der Waals surface area contributed by atoms with E-state index in [9.17, 15) is 0 Å². The van der Waals surface area contributed by atoms with Gasteiger partial charge in [0, 0.05) is 0 Å². The van der Waals surface area contributed by atoms with Gasteiger partial charge in [0.15, 0.2) is 0 Å². The molecule has 0 aliphatic carbocycles. The summed E-state index contributed by atoms with van der Waals surface area (Å²) in [4.78, 5) is 0. The third-order valence-corrected chi connectivity index (χ3v) is 4.50. The predicted molar refractivity (Wildman–Crippen MR) is 72.8 cm³/mol. The van der Waals surface area contributed by atoms with Crippen molar-refractivity contribution in [3.8, 4) is 0 Å². The highest BCUT2D eigenvalue weighted by Crippen LogP contribution is 2.41. The molecular weight excluding hydrogens is 194 g/mol. The van der Waals surface area contributed by atoms with Gasteiger partial charge in [-0.1, -0.05) is 52.9 Å². The van der Waals surface area contributed by atoms with Crippen LogP contribution in [-0.4, -0.2) is 13.1 Å². The molecule has 0 bridgehead atoms. The fraction of sp³-hybridized carbons (Fsp3) is 1.00. The second-order valence-electron chi connectivity index (χ2n) is 5.90. The average Bonchev–Trinajstić information content (AvgIpc) is 2.81. The van der Waals surface area contributed by atoms with Crippen LogP contribution in [0.5, 0.6) is 0 Å². The molecule has 96 valence electrons. The van der Waals surface area contributed by atoms with Crippen molar-refractivity contribution in [2.75, 3.05) is 13.1 Å². The van der Waals surface area contributed by atoms with Gasteiger partial charge in [-0.3, -0.25) is 0 Å². The van der Waals surface area contributed by atoms with Gasteiger partial charge in [-0.05, 0) is 43.7 Å². The Bertz CT molecular complexity index is 172. The van der Waals surface area contributed by atoms with E-state index in [0.717, 1.165) is 5.92 Å². The molecule has 1 saturated heterocycles. The van der Waals surface area contributed by atoms with Crippen LogP contribution in [0.1, 0.15) is 72.1 Å². The van der Waals surface area contributed by atoms with Gasteiger partial charge >= 0.3 is 0 Å². The molecular formula is C15H31N. The van der Waals surface area contributed by atoms with Gasteiger partial charge in [0.1, 0.15) is 0 Å². The van der Waals surface area contributed by atoms with Crippen LogP contribution >= 0.6 is 0 Å². The normalized spacial score (nSPS) is 24.6. The largest absolute Gasteiger partial charge is 0.316 e. The second kappa shape index (κ2) is 7.32. The Kier molecular flexibility index (Phi) is 6.41. The van der Waals surface area contributed by atoms with Crippen LogP contribution < -0.4 is 5.32 Å². The Morgan fingerprint density at radius 2 is 1.75 bits per heavy atom. The van der Waals surface area contributed by atoms with Crippen molar-refractivity contribution >= 4 is 0 Å². The number of unbranched alkanes of at least 4 members (excludes halogenated alkanes) is 3. The Morgan fingerprint density at radius 3 is 2.31 bits per heavy atom. The first-order valence-corrected chi connectivity index (χ1v) is 7.43. The molecule has 1 rings (SSSR count). The highest BCUT2D eigenvalue weighted by molar-refractivity contribution is 4.87. The third-order valence-electron chi connectivity index (χ3n) is 4.50. The van der Waals surface area contributed by atoms with E-state index in [4.69, 9.17) is 0 Å². The summed E-state index contributed by atoms with van der Waals surface area (Å²) in [7, 11) is 0. The molecule has 1 heteroatoms. The minimum Gasteiger partial charge on any atom is -0.316 e. The lowest BCUT2D eigenvalue weighted by molar-refractivity contribution is 0.156. The van der Waals surface area contributed by atoms with Crippen LogP contribution in [-0.2, 0) is 0 Å². The summed E-state index contributed by atoms with van der Waals surface area (Å²) in [6, 6.07) is 0. The summed E-state index contributed by atoms with van der Waals surface area (Å²) in [5.74, 6) is 0.941. The first-order chi connectivity index (χ1) is 7.73. The zero-order valence-corrected chi connectivity index (χ0v) is 11.6. The first kappa shape index (κ1) is 14.0. The van der Waals surface area contributed by atoms with Crippen LogP contribution in [0.2, 0.25) is 0 Å². The zero-order valence-electron chi connectivity index (χ0n) is 11.6. The Balaban J connectivity index is 2.44. The van der Waals surface area contributed by atoms with E-state index >= 15 is 0 Å². The molecule has 0 radical (unpaired) electrons. The summed E-state index contributed by atoms with van der Waals surface area (Å²) in [6.07, 6.45) is 11.3. The maximum absolute atomic E-state index is 3.54. The SMILES string of the molecule is CCCCCC(C)(CCCC)C1CCNC1. The molecule has 2 unspecified atom stereocenters. The van der Waals surface area contributed by atoms with Crippen LogP contribution in [0.3, 0.4) is 0 Å². The van der Waals surface area contributed by atoms with Crippen LogP contribution in [0.25, 0.3) is 0 Å². The van der Waals surface area contributed by atoms with E-state index in [1.807, 2.05) is 0 Å². The molecule has 0 amide bonds. The van der Waals surface area contributed by atoms with Crippen molar-refractivity contribution in [3.63, 3.8) is 0 Å². The minimum atomic E-state index is 0.620. The van der Waals surface area contributed by atoms with Crippen molar-refractivity contribution in [2.24, 2.45) is 11.3 Å². The number of rotatable bonds is 8. The first-order valence-electron chi connectivity index (χ1n) is 7.43. The summed E-state index contributed by atoms with van der Waals surface area (Å²) in [6.45, 7) is 9.70. The topological polar surface area (TPSA) is 12.0 Å². The quantitative estimate of drug-likeness (QED) is 0.605. The Morgan fingerprint density at radius 1 is 1.06 bits per heavy atom. The third kappa shape index (κ3) is 4.08. The zero-order chi connectivity index (χ0) is 11.9. The summed E-state index contributed by atoms with van der Waals surface area (Å²) < 4.78 is 0. The molecule has 0 aromatic rings. The maximum atomic E-state index is 3.54. The van der Waals surface area contributed by atoms with Gasteiger partial charge in [-0.15, -0.1) is 0 Å². The van der Waals surface area contributed by atoms with Crippen LogP contribution in [0, 0.1) is 11.3 Å². The van der Waals surface area contributed by atoms with Crippen molar-refractivity contribution in [1.82, 2.24) is 5.32 Å². The average molecular weight is 225 g/mol. The van der Waals surface area contributed by atoms with Crippen molar-refractivity contribution < 1.29 is 0 Å². The molecule has 16 heavy (non-hydrogen) atoms. The molecule has 1 aliphatic rings. The monoisotopic (exact) mass is 225 g/mol. The van der Waals surface area contributed by atoms with E-state index < -0.39 is 0 Å². The molecule has 1 heterocycles. The van der Waals surface area contributed by atoms with Crippen molar-refractivity contribution in [1.29, 1.82) is 0 Å². The Hall–Kier alpha value is -0.0400. The van der Waals surface area contributed by atoms with Gasteiger partial charge in [0.25, 0.3) is 0 Å². The van der Waals surface area contributed by atoms with Crippen molar-refractivity contribution in [3.05, 3.63) is 0 Å². The predicted octanol–water partition coefficient (Wildman–Crippen LogP) is 4.37. The number of hydrogen-bond acceptors (Lipinski definition) is 1. The van der Waals surface area contributed by atoms with E-state index in [-0.39, 0.29) is 0 Å². The molecule has 1 aliphatic heterocycles. The van der Waals surface area contributed by atoms with E-state index in [1.165, 1.54) is 64.5 Å². The smallest absolute Gasteiger partial charge is 0.00148 e. The lowest BCUT2D eigenvalue weighted by atomic mass is 9.70. The molecule has 0 aromatic heterocycles. The van der Waals surface area contributed by atoms with Gasteiger partial charge in [0.2, 0.25) is 0 Å². The van der Waals surface area contributed by atoms with E-state index in [2.05, 4.69) is 26.1 Å². The number of hydrogen-bond donors (Lipinski definition) is 1. The summed E-state index contributed by atoms with van der Waals surface area (Å²) in [5, 5.41) is 3.54. The van der Waals surface area contributed by atoms with Gasteiger partial charge in [-0.25, -0.2) is 0 Å². The molecule has 0 aromatic carbocycles. The van der Waals surface area contributed by atoms with Gasteiger partial charge < -0.3 is 5.32 Å². The summed E-state index contributed by atoms with van der Waals surface area (Å²) >= 11 is 0. The molecule has 1 nitrogen and oxygen atoms in total. The molecule has 0 saturated carbocycles.